The second-order valence-corrected chi connectivity index (χ2v) is 5.70. The van der Waals surface area contributed by atoms with E-state index in [-0.39, 0.29) is 0 Å². The Morgan fingerprint density at radius 2 is 2.16 bits per heavy atom. The van der Waals surface area contributed by atoms with E-state index in [1.165, 1.54) is 35.7 Å². The third-order valence-corrected chi connectivity index (χ3v) is 4.38. The molecule has 3 nitrogen and oxygen atoms in total. The molecule has 1 aromatic carbocycles. The van der Waals surface area contributed by atoms with Gasteiger partial charge in [-0.25, -0.2) is 0 Å². The third-order valence-electron chi connectivity index (χ3n) is 4.38. The highest BCUT2D eigenvalue weighted by molar-refractivity contribution is 5.86. The molecule has 0 amide bonds. The Hall–Kier alpha value is -1.48. The number of aryl methyl sites for hydroxylation is 1. The number of methoxy groups -OCH3 is 1. The highest BCUT2D eigenvalue weighted by Crippen LogP contribution is 2.37. The van der Waals surface area contributed by atoms with E-state index in [0.717, 1.165) is 12.2 Å². The summed E-state index contributed by atoms with van der Waals surface area (Å²) in [6, 6.07) is 6.68. The van der Waals surface area contributed by atoms with Crippen molar-refractivity contribution in [1.29, 1.82) is 0 Å². The zero-order valence-corrected chi connectivity index (χ0v) is 11.7. The standard InChI is InChI=1S/C16H22N2O/c1-18-10-15(11-4-3-5-12(17)8-11)14-9-13(19-2)6-7-16(14)18/h6-7,9-12H,3-5,8,17H2,1-2H3. The molecule has 1 aliphatic carbocycles. The summed E-state index contributed by atoms with van der Waals surface area (Å²) in [5.74, 6) is 1.53. The molecule has 2 N–H and O–H groups in total. The molecule has 0 aliphatic heterocycles. The Bertz CT molecular complexity index is 588. The maximum absolute atomic E-state index is 6.14. The van der Waals surface area contributed by atoms with Crippen LogP contribution in [0.4, 0.5) is 0 Å². The normalized spacial score (nSPS) is 23.7. The van der Waals surface area contributed by atoms with Crippen LogP contribution in [0.1, 0.15) is 37.2 Å². The van der Waals surface area contributed by atoms with Crippen LogP contribution in [0.5, 0.6) is 5.75 Å². The first-order valence-electron chi connectivity index (χ1n) is 7.07. The number of aromatic nitrogens is 1. The van der Waals surface area contributed by atoms with Crippen LogP contribution < -0.4 is 10.5 Å². The fourth-order valence-corrected chi connectivity index (χ4v) is 3.36. The summed E-state index contributed by atoms with van der Waals surface area (Å²) < 4.78 is 7.57. The summed E-state index contributed by atoms with van der Waals surface area (Å²) in [6.45, 7) is 0. The molecule has 0 bridgehead atoms. The minimum atomic E-state index is 0.361. The van der Waals surface area contributed by atoms with E-state index in [9.17, 15) is 0 Å². The van der Waals surface area contributed by atoms with Crippen molar-refractivity contribution in [2.24, 2.45) is 12.8 Å². The van der Waals surface area contributed by atoms with Crippen molar-refractivity contribution in [1.82, 2.24) is 4.57 Å². The van der Waals surface area contributed by atoms with Gasteiger partial charge in [-0.3, -0.25) is 0 Å². The summed E-state index contributed by atoms with van der Waals surface area (Å²) in [4.78, 5) is 0. The molecule has 1 saturated carbocycles. The number of rotatable bonds is 2. The monoisotopic (exact) mass is 258 g/mol. The van der Waals surface area contributed by atoms with E-state index in [0.29, 0.717) is 12.0 Å². The summed E-state index contributed by atoms with van der Waals surface area (Å²) in [5.41, 5.74) is 8.85. The number of ether oxygens (including phenoxy) is 1. The molecule has 3 heteroatoms. The number of hydrogen-bond acceptors (Lipinski definition) is 2. The number of hydrogen-bond donors (Lipinski definition) is 1. The van der Waals surface area contributed by atoms with Crippen LogP contribution in [0.25, 0.3) is 10.9 Å². The van der Waals surface area contributed by atoms with Gasteiger partial charge in [0, 0.05) is 30.2 Å². The van der Waals surface area contributed by atoms with E-state index in [1.54, 1.807) is 7.11 Å². The van der Waals surface area contributed by atoms with Gasteiger partial charge >= 0.3 is 0 Å². The van der Waals surface area contributed by atoms with Crippen LogP contribution in [-0.4, -0.2) is 17.7 Å². The van der Waals surface area contributed by atoms with Gasteiger partial charge in [0.25, 0.3) is 0 Å². The first-order chi connectivity index (χ1) is 9.19. The molecule has 1 aromatic heterocycles. The zero-order chi connectivity index (χ0) is 13.4. The Kier molecular flexibility index (Phi) is 3.23. The lowest BCUT2D eigenvalue weighted by molar-refractivity contribution is 0.394. The molecule has 3 rings (SSSR count). The highest BCUT2D eigenvalue weighted by atomic mass is 16.5. The average molecular weight is 258 g/mol. The first-order valence-corrected chi connectivity index (χ1v) is 7.07. The Morgan fingerprint density at radius 1 is 1.32 bits per heavy atom. The maximum Gasteiger partial charge on any atom is 0.119 e. The van der Waals surface area contributed by atoms with Crippen molar-refractivity contribution >= 4 is 10.9 Å². The molecule has 1 fully saturated rings. The van der Waals surface area contributed by atoms with Gasteiger partial charge in [0.05, 0.1) is 7.11 Å². The minimum Gasteiger partial charge on any atom is -0.497 e. The second-order valence-electron chi connectivity index (χ2n) is 5.70. The summed E-state index contributed by atoms with van der Waals surface area (Å²) in [5, 5.41) is 1.32. The van der Waals surface area contributed by atoms with Crippen LogP contribution in [0.3, 0.4) is 0 Å². The molecular weight excluding hydrogens is 236 g/mol. The van der Waals surface area contributed by atoms with Gasteiger partial charge in [0.15, 0.2) is 0 Å². The van der Waals surface area contributed by atoms with Gasteiger partial charge in [0.1, 0.15) is 5.75 Å². The molecule has 0 saturated heterocycles. The number of fused-ring (bicyclic) bond motifs is 1. The number of benzene rings is 1. The second kappa shape index (κ2) is 4.89. The molecule has 102 valence electrons. The van der Waals surface area contributed by atoms with Crippen molar-refractivity contribution < 1.29 is 4.74 Å². The quantitative estimate of drug-likeness (QED) is 0.898. The Morgan fingerprint density at radius 3 is 2.89 bits per heavy atom. The number of nitrogens with two attached hydrogens (primary N) is 1. The fourth-order valence-electron chi connectivity index (χ4n) is 3.36. The lowest BCUT2D eigenvalue weighted by atomic mass is 9.81. The van der Waals surface area contributed by atoms with Crippen molar-refractivity contribution in [2.75, 3.05) is 7.11 Å². The van der Waals surface area contributed by atoms with Crippen LogP contribution in [0.2, 0.25) is 0 Å². The third kappa shape index (κ3) is 2.23. The van der Waals surface area contributed by atoms with Crippen LogP contribution in [-0.2, 0) is 7.05 Å². The van der Waals surface area contributed by atoms with Crippen LogP contribution in [0.15, 0.2) is 24.4 Å². The van der Waals surface area contributed by atoms with Crippen molar-refractivity contribution in [3.05, 3.63) is 30.0 Å². The lowest BCUT2D eigenvalue weighted by Crippen LogP contribution is -2.26. The average Bonchev–Trinajstić information content (AvgIpc) is 2.75. The SMILES string of the molecule is COc1ccc2c(c1)c(C1CCCC(N)C1)cn2C. The zero-order valence-electron chi connectivity index (χ0n) is 11.7. The van der Waals surface area contributed by atoms with Gasteiger partial charge in [-0.15, -0.1) is 0 Å². The molecule has 0 spiro atoms. The predicted octanol–water partition coefficient (Wildman–Crippen LogP) is 3.17. The predicted molar refractivity (Wildman–Crippen MR) is 78.7 cm³/mol. The molecular formula is C16H22N2O. The van der Waals surface area contributed by atoms with E-state index in [4.69, 9.17) is 10.5 Å². The van der Waals surface area contributed by atoms with Gasteiger partial charge in [-0.2, -0.15) is 0 Å². The molecule has 0 radical (unpaired) electrons. The van der Waals surface area contributed by atoms with E-state index >= 15 is 0 Å². The van der Waals surface area contributed by atoms with E-state index in [2.05, 4.69) is 29.9 Å². The largest absolute Gasteiger partial charge is 0.497 e. The molecule has 1 aliphatic rings. The van der Waals surface area contributed by atoms with Gasteiger partial charge in [0.2, 0.25) is 0 Å². The van der Waals surface area contributed by atoms with Gasteiger partial charge in [-0.1, -0.05) is 6.42 Å². The molecule has 19 heavy (non-hydrogen) atoms. The Balaban J connectivity index is 2.06. The smallest absolute Gasteiger partial charge is 0.119 e. The highest BCUT2D eigenvalue weighted by Gasteiger charge is 2.23. The minimum absolute atomic E-state index is 0.361. The maximum atomic E-state index is 6.14. The van der Waals surface area contributed by atoms with Crippen LogP contribution in [0, 0.1) is 0 Å². The number of nitrogens with zero attached hydrogens (tertiary/aromatic N) is 1. The topological polar surface area (TPSA) is 40.2 Å². The summed E-state index contributed by atoms with van der Waals surface area (Å²) >= 11 is 0. The molecule has 2 atom stereocenters. The summed E-state index contributed by atoms with van der Waals surface area (Å²) in [6.07, 6.45) is 7.05. The summed E-state index contributed by atoms with van der Waals surface area (Å²) in [7, 11) is 3.83. The van der Waals surface area contributed by atoms with Gasteiger partial charge in [-0.05, 0) is 48.9 Å². The van der Waals surface area contributed by atoms with Gasteiger partial charge < -0.3 is 15.0 Å². The Labute approximate surface area is 114 Å². The molecule has 2 unspecified atom stereocenters. The van der Waals surface area contributed by atoms with E-state index < -0.39 is 0 Å². The molecule has 1 heterocycles. The van der Waals surface area contributed by atoms with Crippen molar-refractivity contribution in [3.63, 3.8) is 0 Å². The fraction of sp³-hybridized carbons (Fsp3) is 0.500. The van der Waals surface area contributed by atoms with Crippen LogP contribution >= 0.6 is 0 Å². The van der Waals surface area contributed by atoms with E-state index in [1.807, 2.05) is 6.07 Å². The van der Waals surface area contributed by atoms with Crippen molar-refractivity contribution in [2.45, 2.75) is 37.6 Å². The lowest BCUT2D eigenvalue weighted by Gasteiger charge is -2.26. The first kappa shape index (κ1) is 12.5. The molecule has 2 aromatic rings. The van der Waals surface area contributed by atoms with Crippen molar-refractivity contribution in [3.8, 4) is 5.75 Å².